The summed E-state index contributed by atoms with van der Waals surface area (Å²) in [5, 5.41) is 4.83. The Labute approximate surface area is 152 Å². The van der Waals surface area contributed by atoms with Gasteiger partial charge in [-0.3, -0.25) is 0 Å². The SMILES string of the molecule is COc1ccc(CCNc2nc(C)nc3sc4c(c23)CCCC4)cc1. The van der Waals surface area contributed by atoms with E-state index in [0.29, 0.717) is 0 Å². The van der Waals surface area contributed by atoms with Crippen LogP contribution in [-0.4, -0.2) is 23.6 Å². The van der Waals surface area contributed by atoms with Crippen molar-refractivity contribution in [1.29, 1.82) is 0 Å². The molecule has 5 heteroatoms. The van der Waals surface area contributed by atoms with Crippen molar-refractivity contribution < 1.29 is 4.74 Å². The lowest BCUT2D eigenvalue weighted by Gasteiger charge is -2.13. The Morgan fingerprint density at radius 2 is 1.92 bits per heavy atom. The van der Waals surface area contributed by atoms with Gasteiger partial charge >= 0.3 is 0 Å². The van der Waals surface area contributed by atoms with Gasteiger partial charge in [0, 0.05) is 11.4 Å². The van der Waals surface area contributed by atoms with Gasteiger partial charge < -0.3 is 10.1 Å². The normalized spacial score (nSPS) is 13.7. The molecule has 2 heterocycles. The minimum Gasteiger partial charge on any atom is -0.497 e. The molecule has 0 fully saturated rings. The first-order valence-corrected chi connectivity index (χ1v) is 9.72. The van der Waals surface area contributed by atoms with Crippen molar-refractivity contribution in [3.63, 3.8) is 0 Å². The lowest BCUT2D eigenvalue weighted by atomic mass is 9.97. The predicted molar refractivity (Wildman–Crippen MR) is 104 cm³/mol. The maximum absolute atomic E-state index is 5.22. The molecule has 0 aliphatic heterocycles. The van der Waals surface area contributed by atoms with Gasteiger partial charge in [-0.1, -0.05) is 12.1 Å². The molecule has 0 radical (unpaired) electrons. The van der Waals surface area contributed by atoms with Gasteiger partial charge in [0.2, 0.25) is 0 Å². The number of methoxy groups -OCH3 is 1. The monoisotopic (exact) mass is 353 g/mol. The van der Waals surface area contributed by atoms with Crippen molar-refractivity contribution in [2.24, 2.45) is 0 Å². The van der Waals surface area contributed by atoms with E-state index < -0.39 is 0 Å². The molecule has 0 saturated carbocycles. The van der Waals surface area contributed by atoms with Crippen molar-refractivity contribution in [1.82, 2.24) is 9.97 Å². The van der Waals surface area contributed by atoms with Gasteiger partial charge in [-0.15, -0.1) is 11.3 Å². The largest absolute Gasteiger partial charge is 0.497 e. The third kappa shape index (κ3) is 3.33. The van der Waals surface area contributed by atoms with E-state index in [1.165, 1.54) is 40.7 Å². The predicted octanol–water partition coefficient (Wildman–Crippen LogP) is 4.54. The molecule has 0 bridgehead atoms. The number of anilines is 1. The van der Waals surface area contributed by atoms with Gasteiger partial charge in [-0.2, -0.15) is 0 Å². The molecule has 2 aromatic heterocycles. The van der Waals surface area contributed by atoms with Crippen LogP contribution in [0.2, 0.25) is 0 Å². The van der Waals surface area contributed by atoms with Crippen molar-refractivity contribution in [2.75, 3.05) is 19.0 Å². The van der Waals surface area contributed by atoms with E-state index in [0.717, 1.165) is 41.6 Å². The molecule has 0 unspecified atom stereocenters. The molecule has 3 aromatic rings. The number of hydrogen-bond donors (Lipinski definition) is 1. The first-order valence-electron chi connectivity index (χ1n) is 8.90. The average Bonchev–Trinajstić information content (AvgIpc) is 3.00. The second-order valence-electron chi connectivity index (χ2n) is 6.54. The zero-order chi connectivity index (χ0) is 17.2. The van der Waals surface area contributed by atoms with Crippen LogP contribution in [0.5, 0.6) is 5.75 Å². The molecule has 1 aromatic carbocycles. The van der Waals surface area contributed by atoms with Crippen molar-refractivity contribution >= 4 is 27.4 Å². The Bertz CT molecular complexity index is 886. The molecule has 25 heavy (non-hydrogen) atoms. The standard InChI is InChI=1S/C20H23N3OS/c1-13-22-19(21-12-11-14-7-9-15(24-2)10-8-14)18-16-5-3-4-6-17(16)25-20(18)23-13/h7-10H,3-6,11-12H2,1-2H3,(H,21,22,23). The zero-order valence-electron chi connectivity index (χ0n) is 14.8. The number of hydrogen-bond acceptors (Lipinski definition) is 5. The summed E-state index contributed by atoms with van der Waals surface area (Å²) in [5.74, 6) is 2.75. The third-order valence-corrected chi connectivity index (χ3v) is 5.98. The van der Waals surface area contributed by atoms with Gasteiger partial charge in [0.05, 0.1) is 12.5 Å². The van der Waals surface area contributed by atoms with Crippen LogP contribution >= 0.6 is 11.3 Å². The fourth-order valence-electron chi connectivity index (χ4n) is 3.51. The van der Waals surface area contributed by atoms with Gasteiger partial charge in [-0.05, 0) is 62.3 Å². The first-order chi connectivity index (χ1) is 12.2. The van der Waals surface area contributed by atoms with Gasteiger partial charge in [-0.25, -0.2) is 9.97 Å². The van der Waals surface area contributed by atoms with Crippen LogP contribution < -0.4 is 10.1 Å². The molecule has 1 N–H and O–H groups in total. The summed E-state index contributed by atoms with van der Waals surface area (Å²) in [6, 6.07) is 8.26. The van der Waals surface area contributed by atoms with Crippen LogP contribution in [0.25, 0.3) is 10.2 Å². The Morgan fingerprint density at radius 3 is 2.72 bits per heavy atom. The Kier molecular flexibility index (Phi) is 4.57. The summed E-state index contributed by atoms with van der Waals surface area (Å²) in [4.78, 5) is 12.0. The second kappa shape index (κ2) is 7.00. The van der Waals surface area contributed by atoms with E-state index >= 15 is 0 Å². The summed E-state index contributed by atoms with van der Waals surface area (Å²) in [5.41, 5.74) is 2.78. The van der Waals surface area contributed by atoms with Crippen LogP contribution in [0.1, 0.15) is 34.7 Å². The summed E-state index contributed by atoms with van der Waals surface area (Å²) in [6.07, 6.45) is 5.89. The summed E-state index contributed by atoms with van der Waals surface area (Å²) < 4.78 is 5.22. The number of aryl methyl sites for hydroxylation is 3. The molecule has 0 spiro atoms. The third-order valence-electron chi connectivity index (χ3n) is 4.79. The molecule has 0 amide bonds. The summed E-state index contributed by atoms with van der Waals surface area (Å²) in [6.45, 7) is 2.84. The fraction of sp³-hybridized carbons (Fsp3) is 0.400. The quantitative estimate of drug-likeness (QED) is 0.731. The molecular formula is C20H23N3OS. The Morgan fingerprint density at radius 1 is 1.12 bits per heavy atom. The highest BCUT2D eigenvalue weighted by atomic mass is 32.1. The van der Waals surface area contributed by atoms with Crippen LogP contribution in [0.3, 0.4) is 0 Å². The number of thiophene rings is 1. The second-order valence-corrected chi connectivity index (χ2v) is 7.62. The molecule has 4 nitrogen and oxygen atoms in total. The maximum Gasteiger partial charge on any atom is 0.138 e. The minimum absolute atomic E-state index is 0.845. The van der Waals surface area contributed by atoms with Gasteiger partial charge in [0.1, 0.15) is 22.2 Å². The van der Waals surface area contributed by atoms with Gasteiger partial charge in [0.25, 0.3) is 0 Å². The van der Waals surface area contributed by atoms with Crippen LogP contribution in [0.15, 0.2) is 24.3 Å². The zero-order valence-corrected chi connectivity index (χ0v) is 15.6. The topological polar surface area (TPSA) is 47.0 Å². The van der Waals surface area contributed by atoms with E-state index in [1.54, 1.807) is 7.11 Å². The van der Waals surface area contributed by atoms with Crippen LogP contribution in [0.4, 0.5) is 5.82 Å². The van der Waals surface area contributed by atoms with E-state index in [-0.39, 0.29) is 0 Å². The smallest absolute Gasteiger partial charge is 0.138 e. The minimum atomic E-state index is 0.845. The highest BCUT2D eigenvalue weighted by Gasteiger charge is 2.20. The molecule has 0 saturated heterocycles. The number of nitrogens with zero attached hydrogens (tertiary/aromatic N) is 2. The highest BCUT2D eigenvalue weighted by molar-refractivity contribution is 7.19. The number of aromatic nitrogens is 2. The van der Waals surface area contributed by atoms with Crippen LogP contribution in [-0.2, 0) is 19.3 Å². The van der Waals surface area contributed by atoms with Crippen molar-refractivity contribution in [3.05, 3.63) is 46.1 Å². The lowest BCUT2D eigenvalue weighted by Crippen LogP contribution is -2.09. The lowest BCUT2D eigenvalue weighted by molar-refractivity contribution is 0.414. The molecule has 4 rings (SSSR count). The number of nitrogens with one attached hydrogen (secondary N) is 1. The maximum atomic E-state index is 5.22. The Hall–Kier alpha value is -2.14. The van der Waals surface area contributed by atoms with Crippen molar-refractivity contribution in [3.8, 4) is 5.75 Å². The van der Waals surface area contributed by atoms with Gasteiger partial charge in [0.15, 0.2) is 0 Å². The number of fused-ring (bicyclic) bond motifs is 3. The molecule has 0 atom stereocenters. The van der Waals surface area contributed by atoms with Crippen molar-refractivity contribution in [2.45, 2.75) is 39.0 Å². The summed E-state index contributed by atoms with van der Waals surface area (Å²) in [7, 11) is 1.70. The fourth-order valence-corrected chi connectivity index (χ4v) is 4.82. The first kappa shape index (κ1) is 16.3. The Balaban J connectivity index is 1.55. The summed E-state index contributed by atoms with van der Waals surface area (Å²) >= 11 is 1.86. The molecular weight excluding hydrogens is 330 g/mol. The number of ether oxygens (including phenoxy) is 1. The average molecular weight is 353 g/mol. The van der Waals surface area contributed by atoms with Crippen LogP contribution in [0, 0.1) is 6.92 Å². The van der Waals surface area contributed by atoms with E-state index in [9.17, 15) is 0 Å². The van der Waals surface area contributed by atoms with E-state index in [1.807, 2.05) is 30.4 Å². The number of benzene rings is 1. The number of rotatable bonds is 5. The van der Waals surface area contributed by atoms with E-state index in [4.69, 9.17) is 9.72 Å². The molecule has 1 aliphatic carbocycles. The molecule has 130 valence electrons. The highest BCUT2D eigenvalue weighted by Crippen LogP contribution is 2.38. The van der Waals surface area contributed by atoms with E-state index in [2.05, 4.69) is 22.4 Å². The molecule has 1 aliphatic rings.